The summed E-state index contributed by atoms with van der Waals surface area (Å²) in [6.45, 7) is 5.22. The third kappa shape index (κ3) is 3.12. The average Bonchev–Trinajstić information content (AvgIpc) is 3.01. The summed E-state index contributed by atoms with van der Waals surface area (Å²) in [5, 5.41) is 5.36. The van der Waals surface area contributed by atoms with Gasteiger partial charge >= 0.3 is 0 Å². The Kier molecular flexibility index (Phi) is 4.71. The van der Waals surface area contributed by atoms with Crippen molar-refractivity contribution in [2.24, 2.45) is 0 Å². The monoisotopic (exact) mass is 328 g/mol. The molecule has 3 aromatic rings. The highest BCUT2D eigenvalue weighted by Gasteiger charge is 2.22. The quantitative estimate of drug-likeness (QED) is 0.695. The highest BCUT2D eigenvalue weighted by atomic mass is 32.1. The van der Waals surface area contributed by atoms with E-state index in [1.807, 2.05) is 6.07 Å². The maximum atomic E-state index is 11.9. The summed E-state index contributed by atoms with van der Waals surface area (Å²) in [5.41, 5.74) is 1.13. The number of fused-ring (bicyclic) bond motifs is 1. The molecule has 0 amide bonds. The molecular weight excluding hydrogens is 308 g/mol. The van der Waals surface area contributed by atoms with Crippen molar-refractivity contribution >= 4 is 21.4 Å². The summed E-state index contributed by atoms with van der Waals surface area (Å²) in [6, 6.07) is 12.1. The Morgan fingerprint density at radius 3 is 2.65 bits per heavy atom. The zero-order valence-corrected chi connectivity index (χ0v) is 14.2. The zero-order valence-electron chi connectivity index (χ0n) is 13.3. The molecule has 0 aliphatic heterocycles. The van der Waals surface area contributed by atoms with E-state index in [2.05, 4.69) is 53.1 Å². The molecule has 0 fully saturated rings. The van der Waals surface area contributed by atoms with Crippen LogP contribution in [0.25, 0.3) is 4.96 Å². The fourth-order valence-corrected chi connectivity index (χ4v) is 3.74. The van der Waals surface area contributed by atoms with Crippen LogP contribution in [0.5, 0.6) is 0 Å². The fourth-order valence-electron chi connectivity index (χ4n) is 2.79. The molecule has 2 heterocycles. The topological polar surface area (TPSA) is 50.5 Å². The highest BCUT2D eigenvalue weighted by molar-refractivity contribution is 7.20. The van der Waals surface area contributed by atoms with Gasteiger partial charge in [-0.05, 0) is 18.4 Å². The molecule has 1 aromatic carbocycles. The first-order valence-electron chi connectivity index (χ1n) is 7.91. The van der Waals surface area contributed by atoms with Crippen LogP contribution in [0.4, 0.5) is 5.13 Å². The van der Waals surface area contributed by atoms with Gasteiger partial charge in [-0.1, -0.05) is 55.5 Å². The number of nitrogens with zero attached hydrogens (tertiary/aromatic N) is 4. The minimum absolute atomic E-state index is 0.137. The standard InChI is InChI=1S/C17H20N4OS/c1-3-12-20(14(4-2)13-8-6-5-7-9-13)17-19-21-15(22)10-11-18-16(21)23-17/h5-11,14H,3-4,12H2,1-2H3. The van der Waals surface area contributed by atoms with Gasteiger partial charge in [0.25, 0.3) is 5.56 Å². The SMILES string of the molecule is CCCN(c1nn2c(=O)ccnc2s1)C(CC)c1ccccc1. The second kappa shape index (κ2) is 6.91. The Hall–Kier alpha value is -2.21. The third-order valence-electron chi connectivity index (χ3n) is 3.82. The molecule has 23 heavy (non-hydrogen) atoms. The van der Waals surface area contributed by atoms with E-state index in [9.17, 15) is 4.79 Å². The van der Waals surface area contributed by atoms with Crippen LogP contribution in [0, 0.1) is 0 Å². The molecule has 0 radical (unpaired) electrons. The molecule has 2 aromatic heterocycles. The molecule has 6 heteroatoms. The minimum atomic E-state index is -0.137. The Morgan fingerprint density at radius 1 is 1.22 bits per heavy atom. The van der Waals surface area contributed by atoms with Gasteiger partial charge in [-0.2, -0.15) is 4.52 Å². The Morgan fingerprint density at radius 2 is 2.00 bits per heavy atom. The second-order valence-electron chi connectivity index (χ2n) is 5.39. The van der Waals surface area contributed by atoms with Crippen molar-refractivity contribution < 1.29 is 0 Å². The molecule has 0 aliphatic carbocycles. The second-order valence-corrected chi connectivity index (χ2v) is 6.32. The molecule has 1 unspecified atom stereocenters. The van der Waals surface area contributed by atoms with E-state index in [1.165, 1.54) is 33.7 Å². The molecule has 1 atom stereocenters. The van der Waals surface area contributed by atoms with Crippen molar-refractivity contribution in [1.29, 1.82) is 0 Å². The lowest BCUT2D eigenvalue weighted by atomic mass is 10.0. The molecule has 120 valence electrons. The first-order valence-corrected chi connectivity index (χ1v) is 8.72. The summed E-state index contributed by atoms with van der Waals surface area (Å²) >= 11 is 1.46. The number of benzene rings is 1. The van der Waals surface area contributed by atoms with Crippen molar-refractivity contribution in [3.05, 3.63) is 58.5 Å². The molecule has 3 rings (SSSR count). The third-order valence-corrected chi connectivity index (χ3v) is 4.78. The van der Waals surface area contributed by atoms with E-state index in [4.69, 9.17) is 0 Å². The molecule has 5 nitrogen and oxygen atoms in total. The molecular formula is C17H20N4OS. The van der Waals surface area contributed by atoms with Crippen LogP contribution in [0.3, 0.4) is 0 Å². The molecule has 0 saturated heterocycles. The first-order chi connectivity index (χ1) is 11.2. The fraction of sp³-hybridized carbons (Fsp3) is 0.353. The van der Waals surface area contributed by atoms with Gasteiger partial charge in [0.05, 0.1) is 6.04 Å². The van der Waals surface area contributed by atoms with E-state index in [0.29, 0.717) is 4.96 Å². The predicted octanol–water partition coefficient (Wildman–Crippen LogP) is 3.52. The van der Waals surface area contributed by atoms with Crippen molar-refractivity contribution in [3.63, 3.8) is 0 Å². The maximum absolute atomic E-state index is 11.9. The number of hydrogen-bond acceptors (Lipinski definition) is 5. The molecule has 0 spiro atoms. The smallest absolute Gasteiger partial charge is 0.275 e. The van der Waals surface area contributed by atoms with E-state index >= 15 is 0 Å². The molecule has 0 saturated carbocycles. The lowest BCUT2D eigenvalue weighted by Crippen LogP contribution is -2.29. The van der Waals surface area contributed by atoms with Gasteiger partial charge in [0.1, 0.15) is 0 Å². The van der Waals surface area contributed by atoms with Crippen molar-refractivity contribution in [3.8, 4) is 0 Å². The van der Waals surface area contributed by atoms with Crippen molar-refractivity contribution in [2.75, 3.05) is 11.4 Å². The van der Waals surface area contributed by atoms with E-state index < -0.39 is 0 Å². The number of aromatic nitrogens is 3. The van der Waals surface area contributed by atoms with Crippen LogP contribution < -0.4 is 10.5 Å². The van der Waals surface area contributed by atoms with Gasteiger partial charge in [0.15, 0.2) is 0 Å². The van der Waals surface area contributed by atoms with Crippen LogP contribution in [0.15, 0.2) is 47.4 Å². The summed E-state index contributed by atoms with van der Waals surface area (Å²) in [7, 11) is 0. The van der Waals surface area contributed by atoms with Crippen molar-refractivity contribution in [2.45, 2.75) is 32.7 Å². The first kappa shape index (κ1) is 15.7. The van der Waals surface area contributed by atoms with E-state index in [1.54, 1.807) is 0 Å². The van der Waals surface area contributed by atoms with Gasteiger partial charge in [0.2, 0.25) is 10.1 Å². The zero-order chi connectivity index (χ0) is 16.2. The summed E-state index contributed by atoms with van der Waals surface area (Å²) in [6.07, 6.45) is 3.53. The summed E-state index contributed by atoms with van der Waals surface area (Å²) in [4.78, 5) is 19.1. The number of anilines is 1. The van der Waals surface area contributed by atoms with Gasteiger partial charge in [0, 0.05) is 18.8 Å². The van der Waals surface area contributed by atoms with Crippen LogP contribution in [-0.4, -0.2) is 21.1 Å². The lowest BCUT2D eigenvalue weighted by molar-refractivity contribution is 0.590. The normalized spacial score (nSPS) is 12.4. The van der Waals surface area contributed by atoms with Crippen LogP contribution >= 0.6 is 11.3 Å². The maximum Gasteiger partial charge on any atom is 0.275 e. The van der Waals surface area contributed by atoms with Gasteiger partial charge < -0.3 is 4.90 Å². The van der Waals surface area contributed by atoms with Crippen LogP contribution in [0.2, 0.25) is 0 Å². The van der Waals surface area contributed by atoms with Gasteiger partial charge in [-0.25, -0.2) is 4.98 Å². The molecule has 0 bridgehead atoms. The molecule has 0 N–H and O–H groups in total. The molecule has 0 aliphatic rings. The van der Waals surface area contributed by atoms with Gasteiger partial charge in [-0.3, -0.25) is 4.79 Å². The Balaban J connectivity index is 2.05. The lowest BCUT2D eigenvalue weighted by Gasteiger charge is -2.30. The summed E-state index contributed by atoms with van der Waals surface area (Å²) in [5.74, 6) is 0. The Labute approximate surface area is 139 Å². The minimum Gasteiger partial charge on any atom is -0.340 e. The largest absolute Gasteiger partial charge is 0.340 e. The average molecular weight is 328 g/mol. The predicted molar refractivity (Wildman–Crippen MR) is 94.2 cm³/mol. The van der Waals surface area contributed by atoms with E-state index in [-0.39, 0.29) is 11.6 Å². The van der Waals surface area contributed by atoms with Crippen LogP contribution in [-0.2, 0) is 0 Å². The highest BCUT2D eigenvalue weighted by Crippen LogP contribution is 2.32. The van der Waals surface area contributed by atoms with Gasteiger partial charge in [-0.15, -0.1) is 5.10 Å². The van der Waals surface area contributed by atoms with Crippen LogP contribution in [0.1, 0.15) is 38.3 Å². The number of rotatable bonds is 6. The summed E-state index contributed by atoms with van der Waals surface area (Å²) < 4.78 is 1.39. The van der Waals surface area contributed by atoms with E-state index in [0.717, 1.165) is 24.5 Å². The number of hydrogen-bond donors (Lipinski definition) is 0. The van der Waals surface area contributed by atoms with Crippen molar-refractivity contribution in [1.82, 2.24) is 14.6 Å². The Bertz CT molecular complexity index is 827.